The van der Waals surface area contributed by atoms with E-state index in [1.165, 1.54) is 27.9 Å². The topological polar surface area (TPSA) is 12.0 Å². The molecule has 0 amide bonds. The van der Waals surface area contributed by atoms with Crippen LogP contribution in [0.3, 0.4) is 0 Å². The van der Waals surface area contributed by atoms with E-state index in [0.29, 0.717) is 6.04 Å². The largest absolute Gasteiger partial charge is 0.377 e. The van der Waals surface area contributed by atoms with Gasteiger partial charge in [-0.25, -0.2) is 0 Å². The average molecular weight is 269 g/mol. The Kier molecular flexibility index (Phi) is 3.52. The first kappa shape index (κ1) is 12.6. The number of hydrogen-bond donors (Lipinski definition) is 1. The van der Waals surface area contributed by atoms with Crippen LogP contribution < -0.4 is 5.32 Å². The van der Waals surface area contributed by atoms with Crippen LogP contribution in [0.4, 0.5) is 5.69 Å². The normalized spacial score (nSPS) is 17.9. The average Bonchev–Trinajstić information content (AvgIpc) is 2.38. The summed E-state index contributed by atoms with van der Waals surface area (Å²) in [6, 6.07) is 15.9. The van der Waals surface area contributed by atoms with Gasteiger partial charge in [0, 0.05) is 17.2 Å². The SMILES string of the molecule is Cc1cc(C)cc(NC2CSCc3ccccc32)c1. The molecule has 3 rings (SSSR count). The molecule has 0 aliphatic carbocycles. The van der Waals surface area contributed by atoms with E-state index < -0.39 is 0 Å². The predicted octanol–water partition coefficient (Wildman–Crippen LogP) is 4.70. The Morgan fingerprint density at radius 2 is 1.79 bits per heavy atom. The molecular formula is C17H19NS. The van der Waals surface area contributed by atoms with E-state index in [9.17, 15) is 0 Å². The second-order valence-corrected chi connectivity index (χ2v) is 6.32. The fourth-order valence-corrected chi connectivity index (χ4v) is 3.86. The number of fused-ring (bicyclic) bond motifs is 1. The zero-order valence-corrected chi connectivity index (χ0v) is 12.3. The van der Waals surface area contributed by atoms with Crippen LogP contribution in [0.2, 0.25) is 0 Å². The highest BCUT2D eigenvalue weighted by molar-refractivity contribution is 7.98. The lowest BCUT2D eigenvalue weighted by Gasteiger charge is -2.27. The molecule has 19 heavy (non-hydrogen) atoms. The highest BCUT2D eigenvalue weighted by Crippen LogP contribution is 2.34. The Bertz CT molecular complexity index is 571. The van der Waals surface area contributed by atoms with Gasteiger partial charge in [-0.15, -0.1) is 0 Å². The zero-order chi connectivity index (χ0) is 13.2. The van der Waals surface area contributed by atoms with Crippen molar-refractivity contribution in [3.63, 3.8) is 0 Å². The number of benzene rings is 2. The molecule has 1 aliphatic heterocycles. The third-order valence-corrected chi connectivity index (χ3v) is 4.62. The summed E-state index contributed by atoms with van der Waals surface area (Å²) in [5.41, 5.74) is 6.80. The van der Waals surface area contributed by atoms with Gasteiger partial charge < -0.3 is 5.32 Å². The van der Waals surface area contributed by atoms with Gasteiger partial charge in [-0.05, 0) is 48.2 Å². The standard InChI is InChI=1S/C17H19NS/c1-12-7-13(2)9-15(8-12)18-17-11-19-10-14-5-3-4-6-16(14)17/h3-9,17-18H,10-11H2,1-2H3. The van der Waals surface area contributed by atoms with E-state index in [0.717, 1.165) is 11.5 Å². The molecule has 1 heterocycles. The van der Waals surface area contributed by atoms with Crippen molar-refractivity contribution < 1.29 is 0 Å². The van der Waals surface area contributed by atoms with E-state index in [2.05, 4.69) is 61.6 Å². The number of anilines is 1. The van der Waals surface area contributed by atoms with E-state index in [1.807, 2.05) is 11.8 Å². The van der Waals surface area contributed by atoms with Crippen molar-refractivity contribution in [3.8, 4) is 0 Å². The lowest BCUT2D eigenvalue weighted by atomic mass is 10.0. The van der Waals surface area contributed by atoms with Gasteiger partial charge in [-0.3, -0.25) is 0 Å². The van der Waals surface area contributed by atoms with Crippen LogP contribution in [-0.2, 0) is 5.75 Å². The summed E-state index contributed by atoms with van der Waals surface area (Å²) in [4.78, 5) is 0. The van der Waals surface area contributed by atoms with Crippen LogP contribution in [-0.4, -0.2) is 5.75 Å². The van der Waals surface area contributed by atoms with Gasteiger partial charge in [0.15, 0.2) is 0 Å². The molecule has 0 aromatic heterocycles. The van der Waals surface area contributed by atoms with Crippen LogP contribution in [0, 0.1) is 13.8 Å². The summed E-state index contributed by atoms with van der Waals surface area (Å²) in [5.74, 6) is 2.28. The molecule has 0 saturated carbocycles. The van der Waals surface area contributed by atoms with Gasteiger partial charge in [-0.2, -0.15) is 11.8 Å². The molecular weight excluding hydrogens is 250 g/mol. The lowest BCUT2D eigenvalue weighted by Crippen LogP contribution is -2.18. The summed E-state index contributed by atoms with van der Waals surface area (Å²) in [6.45, 7) is 4.31. The van der Waals surface area contributed by atoms with E-state index >= 15 is 0 Å². The van der Waals surface area contributed by atoms with Crippen LogP contribution in [0.15, 0.2) is 42.5 Å². The first-order valence-corrected chi connectivity index (χ1v) is 7.88. The van der Waals surface area contributed by atoms with Crippen LogP contribution in [0.25, 0.3) is 0 Å². The Morgan fingerprint density at radius 1 is 1.05 bits per heavy atom. The first-order chi connectivity index (χ1) is 9.22. The molecule has 98 valence electrons. The minimum absolute atomic E-state index is 0.427. The number of hydrogen-bond acceptors (Lipinski definition) is 2. The maximum Gasteiger partial charge on any atom is 0.0607 e. The van der Waals surface area contributed by atoms with Crippen LogP contribution >= 0.6 is 11.8 Å². The van der Waals surface area contributed by atoms with Crippen molar-refractivity contribution in [1.82, 2.24) is 0 Å². The van der Waals surface area contributed by atoms with E-state index in [4.69, 9.17) is 0 Å². The molecule has 2 aromatic carbocycles. The van der Waals surface area contributed by atoms with Crippen molar-refractivity contribution in [2.45, 2.75) is 25.6 Å². The number of rotatable bonds is 2. The molecule has 1 aliphatic rings. The van der Waals surface area contributed by atoms with Gasteiger partial charge in [0.2, 0.25) is 0 Å². The van der Waals surface area contributed by atoms with Gasteiger partial charge in [-0.1, -0.05) is 30.3 Å². The van der Waals surface area contributed by atoms with Crippen LogP contribution in [0.1, 0.15) is 28.3 Å². The molecule has 0 fully saturated rings. The van der Waals surface area contributed by atoms with Gasteiger partial charge in [0.1, 0.15) is 0 Å². The Morgan fingerprint density at radius 3 is 2.58 bits per heavy atom. The summed E-state index contributed by atoms with van der Waals surface area (Å²) in [6.07, 6.45) is 0. The maximum absolute atomic E-state index is 3.70. The van der Waals surface area contributed by atoms with E-state index in [1.54, 1.807) is 0 Å². The smallest absolute Gasteiger partial charge is 0.0607 e. The Balaban J connectivity index is 1.88. The highest BCUT2D eigenvalue weighted by Gasteiger charge is 2.19. The molecule has 2 heteroatoms. The fraction of sp³-hybridized carbons (Fsp3) is 0.294. The summed E-state index contributed by atoms with van der Waals surface area (Å²) in [5, 5.41) is 3.70. The number of nitrogens with one attached hydrogen (secondary N) is 1. The molecule has 1 unspecified atom stereocenters. The molecule has 1 N–H and O–H groups in total. The molecule has 1 atom stereocenters. The number of thioether (sulfide) groups is 1. The maximum atomic E-state index is 3.70. The fourth-order valence-electron chi connectivity index (χ4n) is 2.76. The van der Waals surface area contributed by atoms with Gasteiger partial charge >= 0.3 is 0 Å². The zero-order valence-electron chi connectivity index (χ0n) is 11.4. The summed E-state index contributed by atoms with van der Waals surface area (Å²) in [7, 11) is 0. The molecule has 0 saturated heterocycles. The molecule has 1 nitrogen and oxygen atoms in total. The minimum Gasteiger partial charge on any atom is -0.377 e. The molecule has 0 spiro atoms. The van der Waals surface area contributed by atoms with Crippen LogP contribution in [0.5, 0.6) is 0 Å². The monoisotopic (exact) mass is 269 g/mol. The highest BCUT2D eigenvalue weighted by atomic mass is 32.2. The Labute approximate surface area is 119 Å². The quantitative estimate of drug-likeness (QED) is 0.848. The number of aryl methyl sites for hydroxylation is 2. The van der Waals surface area contributed by atoms with E-state index in [-0.39, 0.29) is 0 Å². The molecule has 2 aromatic rings. The first-order valence-electron chi connectivity index (χ1n) is 6.73. The third-order valence-electron chi connectivity index (χ3n) is 3.54. The van der Waals surface area contributed by atoms with Gasteiger partial charge in [0.05, 0.1) is 6.04 Å². The van der Waals surface area contributed by atoms with Crippen molar-refractivity contribution in [1.29, 1.82) is 0 Å². The van der Waals surface area contributed by atoms with Crippen molar-refractivity contribution in [3.05, 3.63) is 64.7 Å². The second kappa shape index (κ2) is 5.30. The molecule has 0 bridgehead atoms. The van der Waals surface area contributed by atoms with Crippen molar-refractivity contribution in [2.24, 2.45) is 0 Å². The van der Waals surface area contributed by atoms with Crippen molar-refractivity contribution in [2.75, 3.05) is 11.1 Å². The summed E-state index contributed by atoms with van der Waals surface area (Å²) >= 11 is 2.01. The summed E-state index contributed by atoms with van der Waals surface area (Å²) < 4.78 is 0. The second-order valence-electron chi connectivity index (χ2n) is 5.29. The van der Waals surface area contributed by atoms with Crippen molar-refractivity contribution >= 4 is 17.4 Å². The minimum atomic E-state index is 0.427. The predicted molar refractivity (Wildman–Crippen MR) is 84.9 cm³/mol. The Hall–Kier alpha value is -1.41. The lowest BCUT2D eigenvalue weighted by molar-refractivity contribution is 0.870. The molecule has 0 radical (unpaired) electrons. The van der Waals surface area contributed by atoms with Gasteiger partial charge in [0.25, 0.3) is 0 Å². The third kappa shape index (κ3) is 2.79.